The quantitative estimate of drug-likeness (QED) is 0.570. The zero-order valence-electron chi connectivity index (χ0n) is 11.7. The molecule has 0 aliphatic carbocycles. The lowest BCUT2D eigenvalue weighted by Crippen LogP contribution is -2.20. The van der Waals surface area contributed by atoms with Crippen LogP contribution in [0.4, 0.5) is 11.5 Å². The Kier molecular flexibility index (Phi) is 3.28. The Morgan fingerprint density at radius 1 is 1.05 bits per heavy atom. The van der Waals surface area contributed by atoms with E-state index in [-0.39, 0.29) is 5.84 Å². The minimum absolute atomic E-state index is 0.0195. The van der Waals surface area contributed by atoms with Gasteiger partial charge in [0.1, 0.15) is 11.7 Å². The van der Waals surface area contributed by atoms with Crippen LogP contribution in [0.1, 0.15) is 5.56 Å². The van der Waals surface area contributed by atoms with Crippen molar-refractivity contribution in [3.63, 3.8) is 0 Å². The van der Waals surface area contributed by atoms with Gasteiger partial charge in [0, 0.05) is 18.1 Å². The van der Waals surface area contributed by atoms with E-state index in [0.29, 0.717) is 11.4 Å². The summed E-state index contributed by atoms with van der Waals surface area (Å²) in [6, 6.07) is 19.7. The number of aromatic nitrogens is 1. The minimum atomic E-state index is 0.0195. The van der Waals surface area contributed by atoms with Crippen LogP contribution >= 0.6 is 0 Å². The predicted molar refractivity (Wildman–Crippen MR) is 87.3 cm³/mol. The summed E-state index contributed by atoms with van der Waals surface area (Å²) in [4.78, 5) is 6.63. The lowest BCUT2D eigenvalue weighted by Gasteiger charge is -2.21. The van der Waals surface area contributed by atoms with Crippen molar-refractivity contribution in [2.24, 2.45) is 5.73 Å². The van der Waals surface area contributed by atoms with E-state index in [4.69, 9.17) is 11.1 Å². The molecule has 0 aliphatic heterocycles. The van der Waals surface area contributed by atoms with Gasteiger partial charge in [-0.05, 0) is 24.3 Å². The van der Waals surface area contributed by atoms with Crippen LogP contribution in [0.2, 0.25) is 0 Å². The molecule has 21 heavy (non-hydrogen) atoms. The number of nitrogens with zero attached hydrogens (tertiary/aromatic N) is 2. The Hall–Kier alpha value is -2.88. The Balaban J connectivity index is 2.20. The van der Waals surface area contributed by atoms with E-state index >= 15 is 0 Å². The Morgan fingerprint density at radius 3 is 2.43 bits per heavy atom. The number of rotatable bonds is 3. The van der Waals surface area contributed by atoms with E-state index in [1.807, 2.05) is 72.6 Å². The van der Waals surface area contributed by atoms with E-state index in [1.54, 1.807) is 0 Å². The van der Waals surface area contributed by atoms with Crippen molar-refractivity contribution in [1.82, 2.24) is 4.98 Å². The van der Waals surface area contributed by atoms with Crippen LogP contribution in [0.15, 0.2) is 60.7 Å². The van der Waals surface area contributed by atoms with E-state index in [9.17, 15) is 0 Å². The maximum Gasteiger partial charge on any atom is 0.144 e. The van der Waals surface area contributed by atoms with Crippen molar-refractivity contribution in [2.75, 3.05) is 11.9 Å². The topological polar surface area (TPSA) is 66.0 Å². The van der Waals surface area contributed by atoms with Crippen molar-refractivity contribution in [3.8, 4) is 0 Å². The molecule has 0 fully saturated rings. The molecule has 3 N–H and O–H groups in total. The summed E-state index contributed by atoms with van der Waals surface area (Å²) in [5.74, 6) is 0.707. The summed E-state index contributed by atoms with van der Waals surface area (Å²) in [5.41, 5.74) is 8.27. The van der Waals surface area contributed by atoms with Gasteiger partial charge in [0.2, 0.25) is 0 Å². The van der Waals surface area contributed by atoms with E-state index in [1.165, 1.54) is 0 Å². The van der Waals surface area contributed by atoms with Crippen LogP contribution < -0.4 is 10.6 Å². The van der Waals surface area contributed by atoms with Crippen LogP contribution in [0, 0.1) is 5.41 Å². The molecule has 0 saturated heterocycles. The number of hydrogen-bond donors (Lipinski definition) is 2. The molecule has 3 rings (SSSR count). The first-order chi connectivity index (χ1) is 10.2. The van der Waals surface area contributed by atoms with Crippen LogP contribution in [0.3, 0.4) is 0 Å². The van der Waals surface area contributed by atoms with Gasteiger partial charge in [-0.15, -0.1) is 0 Å². The highest BCUT2D eigenvalue weighted by Crippen LogP contribution is 2.27. The van der Waals surface area contributed by atoms with Crippen LogP contribution in [-0.2, 0) is 0 Å². The van der Waals surface area contributed by atoms with Gasteiger partial charge >= 0.3 is 0 Å². The highest BCUT2D eigenvalue weighted by molar-refractivity contribution is 6.03. The van der Waals surface area contributed by atoms with Gasteiger partial charge in [0.25, 0.3) is 0 Å². The molecule has 0 saturated carbocycles. The lowest BCUT2D eigenvalue weighted by molar-refractivity contribution is 1.14. The van der Waals surface area contributed by atoms with Gasteiger partial charge in [0.05, 0.1) is 11.1 Å². The van der Waals surface area contributed by atoms with Crippen molar-refractivity contribution in [1.29, 1.82) is 5.41 Å². The Labute approximate surface area is 123 Å². The summed E-state index contributed by atoms with van der Waals surface area (Å²) in [7, 11) is 1.93. The summed E-state index contributed by atoms with van der Waals surface area (Å²) >= 11 is 0. The van der Waals surface area contributed by atoms with Crippen molar-refractivity contribution < 1.29 is 0 Å². The molecule has 0 amide bonds. The first-order valence-corrected chi connectivity index (χ1v) is 6.70. The number of nitrogens with two attached hydrogens (primary N) is 1. The molecule has 2 aromatic carbocycles. The van der Waals surface area contributed by atoms with Crippen molar-refractivity contribution >= 4 is 28.2 Å². The third kappa shape index (κ3) is 2.43. The molecular formula is C17H16N4. The van der Waals surface area contributed by atoms with Crippen molar-refractivity contribution in [2.45, 2.75) is 0 Å². The molecule has 104 valence electrons. The fourth-order valence-corrected chi connectivity index (χ4v) is 2.33. The lowest BCUT2D eigenvalue weighted by atomic mass is 10.1. The Bertz CT molecular complexity index is 796. The average molecular weight is 276 g/mol. The van der Waals surface area contributed by atoms with Gasteiger partial charge in [-0.1, -0.05) is 36.4 Å². The van der Waals surface area contributed by atoms with Crippen molar-refractivity contribution in [3.05, 3.63) is 66.2 Å². The molecule has 0 spiro atoms. The van der Waals surface area contributed by atoms with Gasteiger partial charge < -0.3 is 10.6 Å². The highest BCUT2D eigenvalue weighted by atomic mass is 15.2. The molecule has 3 aromatic rings. The second-order valence-corrected chi connectivity index (χ2v) is 4.86. The van der Waals surface area contributed by atoms with Crippen LogP contribution in [-0.4, -0.2) is 17.9 Å². The summed E-state index contributed by atoms with van der Waals surface area (Å²) in [5, 5.41) is 8.80. The van der Waals surface area contributed by atoms with E-state index in [0.717, 1.165) is 16.6 Å². The maximum absolute atomic E-state index is 7.82. The van der Waals surface area contributed by atoms with Crippen LogP contribution in [0.5, 0.6) is 0 Å². The summed E-state index contributed by atoms with van der Waals surface area (Å²) in [6.07, 6.45) is 0. The largest absolute Gasteiger partial charge is 0.384 e. The predicted octanol–water partition coefficient (Wildman–Crippen LogP) is 3.29. The second-order valence-electron chi connectivity index (χ2n) is 4.86. The highest BCUT2D eigenvalue weighted by Gasteiger charge is 2.14. The molecule has 4 nitrogen and oxygen atoms in total. The average Bonchev–Trinajstić information content (AvgIpc) is 2.53. The summed E-state index contributed by atoms with van der Waals surface area (Å²) < 4.78 is 0. The first kappa shape index (κ1) is 13.1. The number of nitrogen functional groups attached to an aromatic ring is 1. The zero-order valence-corrected chi connectivity index (χ0v) is 11.7. The molecular weight excluding hydrogens is 260 g/mol. The minimum Gasteiger partial charge on any atom is -0.384 e. The molecule has 0 aliphatic rings. The third-order valence-electron chi connectivity index (χ3n) is 3.46. The molecule has 0 atom stereocenters. The third-order valence-corrected chi connectivity index (χ3v) is 3.46. The monoisotopic (exact) mass is 276 g/mol. The number of benzene rings is 2. The number of nitrogens with one attached hydrogen (secondary N) is 1. The summed E-state index contributed by atoms with van der Waals surface area (Å²) in [6.45, 7) is 0. The maximum atomic E-state index is 7.82. The normalized spacial score (nSPS) is 10.5. The van der Waals surface area contributed by atoms with Gasteiger partial charge in [0.15, 0.2) is 0 Å². The van der Waals surface area contributed by atoms with Gasteiger partial charge in [-0.2, -0.15) is 0 Å². The standard InChI is InChI=1S/C17H16N4/c1-21(13-8-3-2-4-9-13)17-14(16(18)19)11-12-7-5-6-10-15(12)20-17/h2-11H,1H3,(H3,18,19). The molecule has 1 heterocycles. The first-order valence-electron chi connectivity index (χ1n) is 6.70. The van der Waals surface area contributed by atoms with E-state index in [2.05, 4.69) is 4.98 Å². The number of para-hydroxylation sites is 2. The Morgan fingerprint density at radius 2 is 1.71 bits per heavy atom. The number of hydrogen-bond acceptors (Lipinski definition) is 3. The van der Waals surface area contributed by atoms with Gasteiger partial charge in [-0.3, -0.25) is 5.41 Å². The zero-order chi connectivity index (χ0) is 14.8. The molecule has 0 unspecified atom stereocenters. The molecule has 4 heteroatoms. The van der Waals surface area contributed by atoms with Crippen LogP contribution in [0.25, 0.3) is 10.9 Å². The SMILES string of the molecule is CN(c1ccccc1)c1nc2ccccc2cc1C(=N)N. The number of amidine groups is 1. The molecule has 1 aromatic heterocycles. The van der Waals surface area contributed by atoms with E-state index < -0.39 is 0 Å². The van der Waals surface area contributed by atoms with Gasteiger partial charge in [-0.25, -0.2) is 4.98 Å². The molecule has 0 bridgehead atoms. The fourth-order valence-electron chi connectivity index (χ4n) is 2.33. The molecule has 0 radical (unpaired) electrons. The number of anilines is 2. The fraction of sp³-hybridized carbons (Fsp3) is 0.0588. The number of fused-ring (bicyclic) bond motifs is 1. The smallest absolute Gasteiger partial charge is 0.144 e. The number of pyridine rings is 1. The second kappa shape index (κ2) is 5.25.